The molecule has 166 valence electrons. The summed E-state index contributed by atoms with van der Waals surface area (Å²) in [6.45, 7) is 9.90. The lowest BCUT2D eigenvalue weighted by molar-refractivity contribution is -0.159. The molecule has 4 fully saturated rings. The lowest BCUT2D eigenvalue weighted by Gasteiger charge is -2.58. The zero-order valence-electron chi connectivity index (χ0n) is 19.0. The minimum Gasteiger partial charge on any atom is -0.462 e. The number of ether oxygens (including phenoxy) is 3. The van der Waals surface area contributed by atoms with Crippen molar-refractivity contribution in [3.05, 3.63) is 11.6 Å². The molecule has 1 saturated heterocycles. The van der Waals surface area contributed by atoms with E-state index in [1.165, 1.54) is 25.8 Å². The van der Waals surface area contributed by atoms with Crippen molar-refractivity contribution in [2.45, 2.75) is 103 Å². The summed E-state index contributed by atoms with van der Waals surface area (Å²) in [5, 5.41) is 0. The molecule has 1 heterocycles. The molecule has 0 N–H and O–H groups in total. The Balaban J connectivity index is 1.40. The maximum atomic E-state index is 11.6. The molecule has 0 aromatic carbocycles. The molecule has 0 aromatic heterocycles. The van der Waals surface area contributed by atoms with Gasteiger partial charge in [-0.15, -0.1) is 0 Å². The smallest absolute Gasteiger partial charge is 0.302 e. The van der Waals surface area contributed by atoms with E-state index in [9.17, 15) is 9.59 Å². The molecular weight excluding hydrogens is 380 g/mol. The molecule has 5 aliphatic rings. The van der Waals surface area contributed by atoms with E-state index in [1.54, 1.807) is 0 Å². The maximum Gasteiger partial charge on any atom is 0.302 e. The van der Waals surface area contributed by atoms with Gasteiger partial charge in [0.1, 0.15) is 17.8 Å². The molecule has 5 rings (SSSR count). The fraction of sp³-hybridized carbons (Fsp3) is 0.840. The molecule has 0 spiro atoms. The molecule has 5 heteroatoms. The Morgan fingerprint density at radius 2 is 1.90 bits per heavy atom. The number of allylic oxidation sites excluding steroid dienone is 1. The Morgan fingerprint density at radius 3 is 2.60 bits per heavy atom. The zero-order chi connectivity index (χ0) is 21.5. The molecule has 3 saturated carbocycles. The number of hydrogen-bond donors (Lipinski definition) is 0. The van der Waals surface area contributed by atoms with Crippen LogP contribution in [0.5, 0.6) is 0 Å². The second-order valence-electron chi connectivity index (χ2n) is 11.1. The van der Waals surface area contributed by atoms with Crippen LogP contribution in [0.1, 0.15) is 79.6 Å². The van der Waals surface area contributed by atoms with Crippen LogP contribution < -0.4 is 0 Å². The van der Waals surface area contributed by atoms with E-state index in [2.05, 4.69) is 19.9 Å². The molecule has 4 aliphatic carbocycles. The third-order valence-electron chi connectivity index (χ3n) is 9.85. The van der Waals surface area contributed by atoms with E-state index < -0.39 is 0 Å². The van der Waals surface area contributed by atoms with Crippen LogP contribution >= 0.6 is 0 Å². The number of epoxide rings is 1. The summed E-state index contributed by atoms with van der Waals surface area (Å²) in [6, 6.07) is 0. The van der Waals surface area contributed by atoms with E-state index in [0.717, 1.165) is 38.5 Å². The summed E-state index contributed by atoms with van der Waals surface area (Å²) in [6.07, 6.45) is 10.1. The quantitative estimate of drug-likeness (QED) is 0.383. The topological polar surface area (TPSA) is 65.1 Å². The highest BCUT2D eigenvalue weighted by atomic mass is 16.7. The molecule has 1 aliphatic heterocycles. The SMILES string of the molecule is CC(=O)O[C@H]1CC[C@@]2(C)C(=CC[C@@H]3[C@@H]2CC[C@@]2(C)[C@H]3C[C@H]3O[C@]32[C@H](C)OC(C)=O)C1. The summed E-state index contributed by atoms with van der Waals surface area (Å²) >= 11 is 0. The fourth-order valence-electron chi connectivity index (χ4n) is 8.52. The highest BCUT2D eigenvalue weighted by molar-refractivity contribution is 5.66. The average Bonchev–Trinajstić information content (AvgIpc) is 3.33. The van der Waals surface area contributed by atoms with E-state index in [-0.39, 0.29) is 46.7 Å². The van der Waals surface area contributed by atoms with Gasteiger partial charge in [0.15, 0.2) is 0 Å². The van der Waals surface area contributed by atoms with Gasteiger partial charge in [-0.05, 0) is 68.6 Å². The van der Waals surface area contributed by atoms with Gasteiger partial charge in [-0.2, -0.15) is 0 Å². The van der Waals surface area contributed by atoms with Crippen LogP contribution in [0.3, 0.4) is 0 Å². The number of fused-ring (bicyclic) bond motifs is 7. The third kappa shape index (κ3) is 2.63. The Bertz CT molecular complexity index is 803. The molecule has 9 atom stereocenters. The van der Waals surface area contributed by atoms with Crippen LogP contribution in [0.4, 0.5) is 0 Å². The third-order valence-corrected chi connectivity index (χ3v) is 9.85. The number of hydrogen-bond acceptors (Lipinski definition) is 5. The summed E-state index contributed by atoms with van der Waals surface area (Å²) in [5.41, 5.74) is 1.53. The van der Waals surface area contributed by atoms with Crippen LogP contribution in [0.15, 0.2) is 11.6 Å². The first-order valence-corrected chi connectivity index (χ1v) is 11.8. The van der Waals surface area contributed by atoms with Crippen LogP contribution in [0.25, 0.3) is 0 Å². The monoisotopic (exact) mass is 416 g/mol. The van der Waals surface area contributed by atoms with Crippen LogP contribution in [0.2, 0.25) is 0 Å². The van der Waals surface area contributed by atoms with E-state index in [1.807, 2.05) is 6.92 Å². The first-order valence-electron chi connectivity index (χ1n) is 11.8. The molecule has 0 bridgehead atoms. The zero-order valence-corrected chi connectivity index (χ0v) is 19.0. The molecule has 5 nitrogen and oxygen atoms in total. The molecule has 30 heavy (non-hydrogen) atoms. The Labute approximate surface area is 179 Å². The number of carbonyl (C=O) groups excluding carboxylic acids is 2. The van der Waals surface area contributed by atoms with E-state index in [4.69, 9.17) is 14.2 Å². The van der Waals surface area contributed by atoms with Gasteiger partial charge >= 0.3 is 11.9 Å². The lowest BCUT2D eigenvalue weighted by atomic mass is 9.47. The van der Waals surface area contributed by atoms with Crippen molar-refractivity contribution >= 4 is 11.9 Å². The van der Waals surface area contributed by atoms with Crippen LogP contribution in [0, 0.1) is 28.6 Å². The Kier molecular flexibility index (Phi) is 4.50. The van der Waals surface area contributed by atoms with Crippen molar-refractivity contribution in [3.8, 4) is 0 Å². The predicted molar refractivity (Wildman–Crippen MR) is 111 cm³/mol. The van der Waals surface area contributed by atoms with Crippen LogP contribution in [-0.4, -0.2) is 35.9 Å². The van der Waals surface area contributed by atoms with E-state index >= 15 is 0 Å². The number of carbonyl (C=O) groups is 2. The second kappa shape index (κ2) is 6.57. The Morgan fingerprint density at radius 1 is 1.13 bits per heavy atom. The van der Waals surface area contributed by atoms with Crippen molar-refractivity contribution < 1.29 is 23.8 Å². The van der Waals surface area contributed by atoms with Gasteiger partial charge in [-0.25, -0.2) is 0 Å². The first-order chi connectivity index (χ1) is 14.1. The van der Waals surface area contributed by atoms with Gasteiger partial charge in [0, 0.05) is 25.7 Å². The van der Waals surface area contributed by atoms with Crippen molar-refractivity contribution in [2.75, 3.05) is 0 Å². The normalized spacial score (nSPS) is 49.5. The van der Waals surface area contributed by atoms with Gasteiger partial charge in [0.05, 0.1) is 6.10 Å². The maximum absolute atomic E-state index is 11.6. The average molecular weight is 417 g/mol. The van der Waals surface area contributed by atoms with Crippen LogP contribution in [-0.2, 0) is 23.8 Å². The highest BCUT2D eigenvalue weighted by Crippen LogP contribution is 2.74. The largest absolute Gasteiger partial charge is 0.462 e. The Hall–Kier alpha value is -1.36. The summed E-state index contributed by atoms with van der Waals surface area (Å²) in [4.78, 5) is 23.1. The van der Waals surface area contributed by atoms with E-state index in [0.29, 0.717) is 17.8 Å². The molecule has 0 amide bonds. The molecule has 0 aromatic rings. The minimum absolute atomic E-state index is 0.0487. The predicted octanol–water partition coefficient (Wildman–Crippen LogP) is 4.58. The molecular formula is C25H36O5. The van der Waals surface area contributed by atoms with Gasteiger partial charge in [-0.1, -0.05) is 25.5 Å². The first kappa shape index (κ1) is 20.5. The summed E-state index contributed by atoms with van der Waals surface area (Å²) in [5.74, 6) is 1.60. The summed E-state index contributed by atoms with van der Waals surface area (Å²) < 4.78 is 17.5. The second-order valence-corrected chi connectivity index (χ2v) is 11.1. The molecule has 0 unspecified atom stereocenters. The van der Waals surface area contributed by atoms with Gasteiger partial charge in [0.2, 0.25) is 0 Å². The van der Waals surface area contributed by atoms with Gasteiger partial charge in [0.25, 0.3) is 0 Å². The number of rotatable bonds is 3. The molecule has 0 radical (unpaired) electrons. The summed E-state index contributed by atoms with van der Waals surface area (Å²) in [7, 11) is 0. The standard InChI is InChI=1S/C25H36O5/c1-14(28-15(2)26)25-22(30-25)13-21-19-7-6-17-12-18(29-16(3)27)8-10-23(17,4)20(19)9-11-24(21,25)5/h6,14,18-22H,7-13H2,1-5H3/t14-,18-,19+,20-,21-,22+,23-,24-,25+/m0/s1. The minimum atomic E-state index is -0.286. The highest BCUT2D eigenvalue weighted by Gasteiger charge is 2.79. The number of esters is 2. The lowest BCUT2D eigenvalue weighted by Crippen LogP contribution is -2.55. The van der Waals surface area contributed by atoms with Gasteiger partial charge < -0.3 is 14.2 Å². The van der Waals surface area contributed by atoms with Crippen molar-refractivity contribution in [1.82, 2.24) is 0 Å². The van der Waals surface area contributed by atoms with Crippen molar-refractivity contribution in [1.29, 1.82) is 0 Å². The van der Waals surface area contributed by atoms with Crippen molar-refractivity contribution in [2.24, 2.45) is 28.6 Å². The van der Waals surface area contributed by atoms with Gasteiger partial charge in [-0.3, -0.25) is 9.59 Å². The fourth-order valence-corrected chi connectivity index (χ4v) is 8.52. The van der Waals surface area contributed by atoms with Crippen molar-refractivity contribution in [3.63, 3.8) is 0 Å².